The molecular weight excluding hydrogens is 373 g/mol. The van der Waals surface area contributed by atoms with E-state index in [9.17, 15) is 14.0 Å². The Kier molecular flexibility index (Phi) is 7.05. The molecule has 0 bridgehead atoms. The minimum absolute atomic E-state index is 0.0136. The van der Waals surface area contributed by atoms with Crippen LogP contribution in [0.2, 0.25) is 0 Å². The third-order valence-electron chi connectivity index (χ3n) is 5.01. The van der Waals surface area contributed by atoms with Gasteiger partial charge in [0.25, 0.3) is 0 Å². The molecule has 0 atom stereocenters. The molecule has 154 valence electrons. The Morgan fingerprint density at radius 2 is 1.76 bits per heavy atom. The third-order valence-corrected chi connectivity index (χ3v) is 5.01. The number of halogens is 1. The summed E-state index contributed by atoms with van der Waals surface area (Å²) in [4.78, 5) is 28.4. The zero-order chi connectivity index (χ0) is 20.6. The van der Waals surface area contributed by atoms with Gasteiger partial charge in [-0.05, 0) is 42.0 Å². The molecule has 0 unspecified atom stereocenters. The number of carbonyl (C=O) groups is 2. The predicted molar refractivity (Wildman–Crippen MR) is 109 cm³/mol. The van der Waals surface area contributed by atoms with Gasteiger partial charge in [0.1, 0.15) is 11.6 Å². The molecule has 2 aromatic rings. The number of benzene rings is 2. The van der Waals surface area contributed by atoms with Gasteiger partial charge in [0.2, 0.25) is 11.8 Å². The summed E-state index contributed by atoms with van der Waals surface area (Å²) in [5.41, 5.74) is 1.90. The van der Waals surface area contributed by atoms with Crippen LogP contribution in [0.25, 0.3) is 0 Å². The molecule has 1 fully saturated rings. The minimum atomic E-state index is -0.257. The van der Waals surface area contributed by atoms with E-state index in [2.05, 4.69) is 10.2 Å². The summed E-state index contributed by atoms with van der Waals surface area (Å²) in [6, 6.07) is 13.9. The van der Waals surface area contributed by atoms with Gasteiger partial charge < -0.3 is 19.9 Å². The summed E-state index contributed by atoms with van der Waals surface area (Å²) in [5.74, 6) is 0.324. The van der Waals surface area contributed by atoms with Crippen LogP contribution >= 0.6 is 0 Å². The molecule has 1 aliphatic rings. The number of hydrogen-bond donors (Lipinski definition) is 1. The maximum Gasteiger partial charge on any atom is 0.223 e. The largest absolute Gasteiger partial charge is 0.497 e. The van der Waals surface area contributed by atoms with Gasteiger partial charge in [-0.25, -0.2) is 4.39 Å². The highest BCUT2D eigenvalue weighted by Gasteiger charge is 2.21. The van der Waals surface area contributed by atoms with Crippen LogP contribution in [0, 0.1) is 5.82 Å². The molecule has 7 heteroatoms. The molecule has 0 saturated carbocycles. The van der Waals surface area contributed by atoms with Crippen molar-refractivity contribution in [2.24, 2.45) is 0 Å². The summed E-state index contributed by atoms with van der Waals surface area (Å²) in [6.07, 6.45) is 0.363. The lowest BCUT2D eigenvalue weighted by Crippen LogP contribution is -2.48. The highest BCUT2D eigenvalue weighted by molar-refractivity contribution is 5.83. The molecular formula is C22H26FN3O3. The Bertz CT molecular complexity index is 833. The Balaban J connectivity index is 1.38. The summed E-state index contributed by atoms with van der Waals surface area (Å²) in [7, 11) is 1.60. The Hall–Kier alpha value is -3.09. The number of methoxy groups -OCH3 is 1. The lowest BCUT2D eigenvalue weighted by Gasteiger charge is -2.36. The molecule has 1 N–H and O–H groups in total. The fraction of sp³-hybridized carbons (Fsp3) is 0.364. The summed E-state index contributed by atoms with van der Waals surface area (Å²) >= 11 is 0. The first-order chi connectivity index (χ1) is 14.0. The lowest BCUT2D eigenvalue weighted by molar-refractivity contribution is -0.133. The molecule has 0 radical (unpaired) electrons. The number of nitrogens with zero attached hydrogens (tertiary/aromatic N) is 2. The quantitative estimate of drug-likeness (QED) is 0.778. The molecule has 6 nitrogen and oxygen atoms in total. The van der Waals surface area contributed by atoms with Gasteiger partial charge in [-0.15, -0.1) is 0 Å². The maximum absolute atomic E-state index is 13.0. The van der Waals surface area contributed by atoms with E-state index in [0.717, 1.165) is 17.0 Å². The highest BCUT2D eigenvalue weighted by Crippen LogP contribution is 2.17. The SMILES string of the molecule is COc1cccc(CNC(=O)CCC(=O)N2CCN(c3ccc(F)cc3)CC2)c1. The summed E-state index contributed by atoms with van der Waals surface area (Å²) in [6.45, 7) is 2.99. The van der Waals surface area contributed by atoms with E-state index in [4.69, 9.17) is 4.74 Å². The maximum atomic E-state index is 13.0. The van der Waals surface area contributed by atoms with E-state index in [-0.39, 0.29) is 30.5 Å². The average molecular weight is 399 g/mol. The fourth-order valence-electron chi connectivity index (χ4n) is 3.32. The van der Waals surface area contributed by atoms with Crippen LogP contribution in [0.4, 0.5) is 10.1 Å². The molecule has 1 saturated heterocycles. The average Bonchev–Trinajstić information content (AvgIpc) is 2.77. The van der Waals surface area contributed by atoms with Crippen molar-refractivity contribution in [3.63, 3.8) is 0 Å². The molecule has 3 rings (SSSR count). The highest BCUT2D eigenvalue weighted by atomic mass is 19.1. The zero-order valence-corrected chi connectivity index (χ0v) is 16.6. The number of piperazine rings is 1. The van der Waals surface area contributed by atoms with Crippen molar-refractivity contribution < 1.29 is 18.7 Å². The topological polar surface area (TPSA) is 61.9 Å². The predicted octanol–water partition coefficient (Wildman–Crippen LogP) is 2.58. The summed E-state index contributed by atoms with van der Waals surface area (Å²) < 4.78 is 18.2. The molecule has 0 aromatic heterocycles. The smallest absolute Gasteiger partial charge is 0.223 e. The van der Waals surface area contributed by atoms with E-state index in [1.807, 2.05) is 24.3 Å². The minimum Gasteiger partial charge on any atom is -0.497 e. The van der Waals surface area contributed by atoms with E-state index in [1.54, 1.807) is 24.1 Å². The number of carbonyl (C=O) groups excluding carboxylic acids is 2. The van der Waals surface area contributed by atoms with Gasteiger partial charge in [0, 0.05) is 51.3 Å². The van der Waals surface area contributed by atoms with Gasteiger partial charge in [0.15, 0.2) is 0 Å². The van der Waals surface area contributed by atoms with Crippen molar-refractivity contribution in [2.45, 2.75) is 19.4 Å². The van der Waals surface area contributed by atoms with E-state index < -0.39 is 0 Å². The van der Waals surface area contributed by atoms with E-state index >= 15 is 0 Å². The molecule has 2 amide bonds. The first kappa shape index (κ1) is 20.6. The normalized spacial score (nSPS) is 13.9. The second kappa shape index (κ2) is 9.91. The van der Waals surface area contributed by atoms with Crippen molar-refractivity contribution in [2.75, 3.05) is 38.2 Å². The summed E-state index contributed by atoms with van der Waals surface area (Å²) in [5, 5.41) is 2.84. The van der Waals surface area contributed by atoms with Gasteiger partial charge in [0.05, 0.1) is 7.11 Å². The van der Waals surface area contributed by atoms with Crippen LogP contribution in [0.1, 0.15) is 18.4 Å². The molecule has 29 heavy (non-hydrogen) atoms. The van der Waals surface area contributed by atoms with Gasteiger partial charge >= 0.3 is 0 Å². The second-order valence-electron chi connectivity index (χ2n) is 6.97. The van der Waals surface area contributed by atoms with Crippen LogP contribution < -0.4 is 15.0 Å². The third kappa shape index (κ3) is 5.94. The molecule has 0 aliphatic carbocycles. The van der Waals surface area contributed by atoms with Crippen LogP contribution in [0.3, 0.4) is 0 Å². The number of nitrogens with one attached hydrogen (secondary N) is 1. The number of rotatable bonds is 7. The van der Waals surface area contributed by atoms with E-state index in [0.29, 0.717) is 32.7 Å². The second-order valence-corrected chi connectivity index (χ2v) is 6.97. The van der Waals surface area contributed by atoms with Crippen molar-refractivity contribution >= 4 is 17.5 Å². The van der Waals surface area contributed by atoms with Gasteiger partial charge in [-0.2, -0.15) is 0 Å². The van der Waals surface area contributed by atoms with Crippen molar-refractivity contribution in [3.05, 3.63) is 59.9 Å². The van der Waals surface area contributed by atoms with Crippen LogP contribution in [-0.4, -0.2) is 50.0 Å². The van der Waals surface area contributed by atoms with Gasteiger partial charge in [-0.1, -0.05) is 12.1 Å². The fourth-order valence-corrected chi connectivity index (χ4v) is 3.32. The first-order valence-electron chi connectivity index (χ1n) is 9.73. The molecule has 2 aromatic carbocycles. The van der Waals surface area contributed by atoms with Crippen LogP contribution in [0.15, 0.2) is 48.5 Å². The van der Waals surface area contributed by atoms with Crippen molar-refractivity contribution in [3.8, 4) is 5.75 Å². The van der Waals surface area contributed by atoms with Crippen LogP contribution in [-0.2, 0) is 16.1 Å². The van der Waals surface area contributed by atoms with Gasteiger partial charge in [-0.3, -0.25) is 9.59 Å². The molecule has 1 aliphatic heterocycles. The standard InChI is InChI=1S/C22H26FN3O3/c1-29-20-4-2-3-17(15-20)16-24-21(27)9-10-22(28)26-13-11-25(12-14-26)19-7-5-18(23)6-8-19/h2-8,15H,9-14,16H2,1H3,(H,24,27). The van der Waals surface area contributed by atoms with Crippen LogP contribution in [0.5, 0.6) is 5.75 Å². The monoisotopic (exact) mass is 399 g/mol. The number of hydrogen-bond acceptors (Lipinski definition) is 4. The number of anilines is 1. The lowest BCUT2D eigenvalue weighted by atomic mass is 10.2. The first-order valence-corrected chi connectivity index (χ1v) is 9.73. The molecule has 1 heterocycles. The van der Waals surface area contributed by atoms with Crippen molar-refractivity contribution in [1.29, 1.82) is 0 Å². The zero-order valence-electron chi connectivity index (χ0n) is 16.6. The Morgan fingerprint density at radius 3 is 2.45 bits per heavy atom. The molecule has 0 spiro atoms. The van der Waals surface area contributed by atoms with E-state index in [1.165, 1.54) is 12.1 Å². The van der Waals surface area contributed by atoms with Crippen molar-refractivity contribution in [1.82, 2.24) is 10.2 Å². The Labute approximate surface area is 170 Å². The number of amides is 2. The number of ether oxygens (including phenoxy) is 1. The Morgan fingerprint density at radius 1 is 1.03 bits per heavy atom.